The van der Waals surface area contributed by atoms with Crippen molar-refractivity contribution in [1.82, 2.24) is 15.2 Å². The second-order valence-electron chi connectivity index (χ2n) is 4.72. The van der Waals surface area contributed by atoms with Crippen LogP contribution in [0.5, 0.6) is 0 Å². The van der Waals surface area contributed by atoms with Crippen LogP contribution in [0.25, 0.3) is 10.6 Å². The predicted octanol–water partition coefficient (Wildman–Crippen LogP) is 3.97. The second kappa shape index (κ2) is 7.65. The number of aliphatic hydroxyl groups excluding tert-OH is 1. The Kier molecular flexibility index (Phi) is 5.52. The van der Waals surface area contributed by atoms with Gasteiger partial charge in [0.05, 0.1) is 4.90 Å². The minimum Gasteiger partial charge on any atom is -0.388 e. The lowest BCUT2D eigenvalue weighted by Gasteiger charge is -2.04. The first kappa shape index (κ1) is 18.1. The minimum atomic E-state index is -0.900. The van der Waals surface area contributed by atoms with E-state index in [1.807, 2.05) is 0 Å². The highest BCUT2D eigenvalue weighted by atomic mass is 79.9. The summed E-state index contributed by atoms with van der Waals surface area (Å²) in [5.74, 6) is -2.56. The third-order valence-corrected chi connectivity index (χ3v) is 5.56. The van der Waals surface area contributed by atoms with Crippen molar-refractivity contribution in [3.8, 4) is 10.6 Å². The van der Waals surface area contributed by atoms with Gasteiger partial charge >= 0.3 is 0 Å². The Morgan fingerprint density at radius 2 is 1.92 bits per heavy atom. The lowest BCUT2D eigenvalue weighted by molar-refractivity contribution is 0.0902. The van der Waals surface area contributed by atoms with Gasteiger partial charge in [0, 0.05) is 28.0 Å². The average Bonchev–Trinajstić information content (AvgIpc) is 3.06. The van der Waals surface area contributed by atoms with Crippen molar-refractivity contribution < 1.29 is 18.7 Å². The molecule has 3 aromatic rings. The summed E-state index contributed by atoms with van der Waals surface area (Å²) in [6.07, 6.45) is 3.23. The monoisotopic (exact) mass is 443 g/mol. The molecule has 0 saturated heterocycles. The minimum absolute atomic E-state index is 0.222. The first-order chi connectivity index (χ1) is 12.0. The number of hydrogen-bond acceptors (Lipinski definition) is 7. The molecule has 0 aliphatic rings. The molecule has 0 bridgehead atoms. The van der Waals surface area contributed by atoms with Crippen LogP contribution in [0, 0.1) is 11.6 Å². The molecule has 3 rings (SSSR count). The van der Waals surface area contributed by atoms with Crippen molar-refractivity contribution in [2.45, 2.75) is 9.24 Å². The number of ketones is 1. The summed E-state index contributed by atoms with van der Waals surface area (Å²) in [6.45, 7) is -0.814. The van der Waals surface area contributed by atoms with Gasteiger partial charge in [-0.1, -0.05) is 23.1 Å². The molecule has 2 heterocycles. The first-order valence-electron chi connectivity index (χ1n) is 6.73. The fourth-order valence-electron chi connectivity index (χ4n) is 1.89. The molecule has 2 aromatic heterocycles. The number of carbonyl (C=O) groups is 1. The maximum Gasteiger partial charge on any atom is 0.188 e. The summed E-state index contributed by atoms with van der Waals surface area (Å²) in [7, 11) is 0. The molecule has 10 heteroatoms. The molecule has 0 unspecified atom stereocenters. The number of rotatable bonds is 5. The molecule has 0 radical (unpaired) electrons. The molecule has 0 atom stereocenters. The summed E-state index contributed by atoms with van der Waals surface area (Å²) in [4.78, 5) is 15.1. The Morgan fingerprint density at radius 3 is 2.56 bits per heavy atom. The third-order valence-electron chi connectivity index (χ3n) is 3.01. The zero-order chi connectivity index (χ0) is 18.0. The smallest absolute Gasteiger partial charge is 0.188 e. The molecule has 0 aliphatic heterocycles. The number of hydrogen-bond donors (Lipinski definition) is 1. The van der Waals surface area contributed by atoms with Gasteiger partial charge in [-0.3, -0.25) is 9.78 Å². The van der Waals surface area contributed by atoms with Crippen LogP contribution in [0.1, 0.15) is 10.4 Å². The number of pyridine rings is 1. The number of nitrogens with zero attached hydrogens (tertiary/aromatic N) is 3. The van der Waals surface area contributed by atoms with Crippen molar-refractivity contribution in [1.29, 1.82) is 0 Å². The fraction of sp³-hybridized carbons (Fsp3) is 0.0667. The van der Waals surface area contributed by atoms with Gasteiger partial charge in [-0.25, -0.2) is 8.78 Å². The Balaban J connectivity index is 1.87. The third kappa shape index (κ3) is 4.09. The molecule has 0 spiro atoms. The quantitative estimate of drug-likeness (QED) is 0.601. The van der Waals surface area contributed by atoms with Crippen molar-refractivity contribution in [2.24, 2.45) is 0 Å². The van der Waals surface area contributed by atoms with Gasteiger partial charge in [0.15, 0.2) is 10.1 Å². The van der Waals surface area contributed by atoms with E-state index in [4.69, 9.17) is 5.11 Å². The normalized spacial score (nSPS) is 10.9. The van der Waals surface area contributed by atoms with Gasteiger partial charge in [0.2, 0.25) is 0 Å². The molecule has 128 valence electrons. The molecule has 1 aromatic carbocycles. The summed E-state index contributed by atoms with van der Waals surface area (Å²) < 4.78 is 29.4. The van der Waals surface area contributed by atoms with E-state index in [0.29, 0.717) is 9.35 Å². The highest BCUT2D eigenvalue weighted by Crippen LogP contribution is 2.37. The van der Waals surface area contributed by atoms with E-state index in [2.05, 4.69) is 31.1 Å². The maximum atomic E-state index is 14.1. The summed E-state index contributed by atoms with van der Waals surface area (Å²) in [5, 5.41) is 17.3. The number of carbonyl (C=O) groups excluding carboxylic acids is 1. The van der Waals surface area contributed by atoms with Crippen LogP contribution in [0.2, 0.25) is 0 Å². The molecule has 0 saturated carbocycles. The molecule has 0 aliphatic carbocycles. The van der Waals surface area contributed by atoms with Crippen LogP contribution in [0.4, 0.5) is 8.78 Å². The molecule has 0 amide bonds. The van der Waals surface area contributed by atoms with Gasteiger partial charge in [0.1, 0.15) is 23.2 Å². The molecule has 5 nitrogen and oxygen atoms in total. The highest BCUT2D eigenvalue weighted by Gasteiger charge is 2.18. The van der Waals surface area contributed by atoms with E-state index in [9.17, 15) is 13.6 Å². The highest BCUT2D eigenvalue weighted by molar-refractivity contribution is 9.10. The van der Waals surface area contributed by atoms with Crippen LogP contribution < -0.4 is 0 Å². The zero-order valence-corrected chi connectivity index (χ0v) is 15.5. The number of aliphatic hydroxyl groups is 1. The molecular formula is C15H8BrF2N3O2S2. The standard InChI is InChI=1S/C15H8BrF2N3O2S2/c16-9-1-8(4-19-5-9)14-20-21-15(25-14)24-13-10(17)2-7(3-11(13)18)12(23)6-22/h1-5,22H,6H2. The first-order valence-corrected chi connectivity index (χ1v) is 9.16. The Morgan fingerprint density at radius 1 is 1.20 bits per heavy atom. The van der Waals surface area contributed by atoms with Crippen LogP contribution in [0.3, 0.4) is 0 Å². The lowest BCUT2D eigenvalue weighted by Crippen LogP contribution is -2.06. The molecule has 0 fully saturated rings. The lowest BCUT2D eigenvalue weighted by atomic mass is 10.1. The van der Waals surface area contributed by atoms with Crippen molar-refractivity contribution in [3.05, 3.63) is 52.3 Å². The fourth-order valence-corrected chi connectivity index (χ4v) is 4.04. The Bertz CT molecular complexity index is 929. The van der Waals surface area contributed by atoms with Gasteiger partial charge < -0.3 is 5.11 Å². The average molecular weight is 444 g/mol. The van der Waals surface area contributed by atoms with Gasteiger partial charge in [-0.2, -0.15) is 0 Å². The topological polar surface area (TPSA) is 76.0 Å². The molecular weight excluding hydrogens is 436 g/mol. The number of halogens is 3. The van der Waals surface area contributed by atoms with E-state index in [1.54, 1.807) is 18.5 Å². The largest absolute Gasteiger partial charge is 0.388 e. The van der Waals surface area contributed by atoms with Gasteiger partial charge in [-0.15, -0.1) is 10.2 Å². The predicted molar refractivity (Wildman–Crippen MR) is 92.7 cm³/mol. The number of aromatic nitrogens is 3. The molecule has 25 heavy (non-hydrogen) atoms. The number of Topliss-reactive ketones (excluding diaryl/α,β-unsaturated/α-hetero) is 1. The Labute approximate surface area is 157 Å². The maximum absolute atomic E-state index is 14.1. The van der Waals surface area contributed by atoms with E-state index >= 15 is 0 Å². The van der Waals surface area contributed by atoms with E-state index in [-0.39, 0.29) is 10.5 Å². The Hall–Kier alpha value is -1.75. The number of benzene rings is 1. The SMILES string of the molecule is O=C(CO)c1cc(F)c(Sc2nnc(-c3cncc(Br)c3)s2)c(F)c1. The van der Waals surface area contributed by atoms with Crippen molar-refractivity contribution in [2.75, 3.05) is 6.61 Å². The van der Waals surface area contributed by atoms with Crippen LogP contribution >= 0.6 is 39.0 Å². The van der Waals surface area contributed by atoms with E-state index < -0.39 is 24.0 Å². The summed E-state index contributed by atoms with van der Waals surface area (Å²) in [6, 6.07) is 3.59. The second-order valence-corrected chi connectivity index (χ2v) is 7.87. The molecule has 1 N–H and O–H groups in total. The summed E-state index contributed by atoms with van der Waals surface area (Å²) in [5.41, 5.74) is 0.503. The van der Waals surface area contributed by atoms with Crippen LogP contribution in [-0.2, 0) is 0 Å². The van der Waals surface area contributed by atoms with Gasteiger partial charge in [0.25, 0.3) is 0 Å². The van der Waals surface area contributed by atoms with E-state index in [0.717, 1.165) is 45.3 Å². The summed E-state index contributed by atoms with van der Waals surface area (Å²) >= 11 is 5.25. The van der Waals surface area contributed by atoms with Crippen LogP contribution in [-0.4, -0.2) is 32.7 Å². The zero-order valence-electron chi connectivity index (χ0n) is 12.2. The van der Waals surface area contributed by atoms with Crippen LogP contribution in [0.15, 0.2) is 44.3 Å². The van der Waals surface area contributed by atoms with Crippen molar-refractivity contribution in [3.63, 3.8) is 0 Å². The van der Waals surface area contributed by atoms with E-state index in [1.165, 1.54) is 0 Å². The van der Waals surface area contributed by atoms with Gasteiger partial charge in [-0.05, 0) is 34.1 Å². The van der Waals surface area contributed by atoms with Crippen molar-refractivity contribution >= 4 is 44.8 Å².